The summed E-state index contributed by atoms with van der Waals surface area (Å²) >= 11 is 0. The molecule has 27 heavy (non-hydrogen) atoms. The maximum Gasteiger partial charge on any atom is 0.266 e. The van der Waals surface area contributed by atoms with E-state index in [0.29, 0.717) is 12.4 Å². The minimum atomic E-state index is -0.112. The molecular formula is C21H22N4O2. The molecule has 0 unspecified atom stereocenters. The van der Waals surface area contributed by atoms with Crippen molar-refractivity contribution in [2.24, 2.45) is 0 Å². The van der Waals surface area contributed by atoms with Gasteiger partial charge in [-0.05, 0) is 37.1 Å². The van der Waals surface area contributed by atoms with Crippen molar-refractivity contribution >= 4 is 28.6 Å². The van der Waals surface area contributed by atoms with Gasteiger partial charge >= 0.3 is 0 Å². The minimum absolute atomic E-state index is 0.0253. The van der Waals surface area contributed by atoms with Gasteiger partial charge in [-0.25, -0.2) is 9.97 Å². The van der Waals surface area contributed by atoms with Crippen molar-refractivity contribution in [3.8, 4) is 5.75 Å². The van der Waals surface area contributed by atoms with Gasteiger partial charge in [-0.3, -0.25) is 9.69 Å². The zero-order valence-electron chi connectivity index (χ0n) is 15.6. The summed E-state index contributed by atoms with van der Waals surface area (Å²) in [5.41, 5.74) is 2.62. The third-order valence-corrected chi connectivity index (χ3v) is 4.77. The van der Waals surface area contributed by atoms with E-state index < -0.39 is 0 Å². The molecule has 3 aromatic rings. The van der Waals surface area contributed by atoms with Crippen molar-refractivity contribution in [2.45, 2.75) is 13.3 Å². The Balaban J connectivity index is 1.64. The molecule has 0 saturated heterocycles. The molecule has 0 aliphatic carbocycles. The fourth-order valence-electron chi connectivity index (χ4n) is 3.27. The molecule has 1 aliphatic heterocycles. The van der Waals surface area contributed by atoms with Crippen LogP contribution >= 0.6 is 0 Å². The molecule has 0 fully saturated rings. The second-order valence-electron chi connectivity index (χ2n) is 6.73. The summed E-state index contributed by atoms with van der Waals surface area (Å²) in [7, 11) is 1.99. The molecule has 0 spiro atoms. The number of anilines is 2. The van der Waals surface area contributed by atoms with Crippen LogP contribution in [0.4, 0.5) is 11.6 Å². The van der Waals surface area contributed by atoms with E-state index in [9.17, 15) is 4.79 Å². The first kappa shape index (κ1) is 17.3. The number of fused-ring (bicyclic) bond motifs is 2. The van der Waals surface area contributed by atoms with Crippen LogP contribution in [0.5, 0.6) is 5.75 Å². The zero-order chi connectivity index (χ0) is 18.8. The van der Waals surface area contributed by atoms with E-state index in [1.54, 1.807) is 4.90 Å². The van der Waals surface area contributed by atoms with Crippen molar-refractivity contribution in [3.05, 3.63) is 54.1 Å². The number of hydrogen-bond donors (Lipinski definition) is 0. The summed E-state index contributed by atoms with van der Waals surface area (Å²) in [6.07, 6.45) is 0.848. The van der Waals surface area contributed by atoms with Gasteiger partial charge in [0.25, 0.3) is 5.91 Å². The summed E-state index contributed by atoms with van der Waals surface area (Å²) in [6, 6.07) is 15.4. The summed E-state index contributed by atoms with van der Waals surface area (Å²) in [4.78, 5) is 26.2. The monoisotopic (exact) mass is 362 g/mol. The van der Waals surface area contributed by atoms with Crippen molar-refractivity contribution in [1.82, 2.24) is 9.97 Å². The molecule has 138 valence electrons. The Kier molecular flexibility index (Phi) is 4.62. The summed E-state index contributed by atoms with van der Waals surface area (Å²) in [5, 5.41) is 0. The third kappa shape index (κ3) is 3.43. The second kappa shape index (κ2) is 7.23. The maximum atomic E-state index is 13.0. The number of amides is 1. The molecule has 0 saturated carbocycles. The van der Waals surface area contributed by atoms with E-state index in [4.69, 9.17) is 14.7 Å². The van der Waals surface area contributed by atoms with E-state index in [1.165, 1.54) is 0 Å². The van der Waals surface area contributed by atoms with Crippen molar-refractivity contribution in [2.75, 3.05) is 36.5 Å². The smallest absolute Gasteiger partial charge is 0.266 e. The first-order valence-electron chi connectivity index (χ1n) is 9.10. The number of benzene rings is 2. The van der Waals surface area contributed by atoms with Crippen molar-refractivity contribution in [3.63, 3.8) is 0 Å². The standard InChI is InChI=1S/C21H22N4O2/c1-15-8-3-6-11-18(15)27-14-19(26)25-13-7-12-24(2)20-21(25)23-17-10-5-4-9-16(17)22-20/h3-6,8-11H,7,12-14H2,1-2H3. The quantitative estimate of drug-likeness (QED) is 0.716. The number of nitrogens with zero attached hydrogens (tertiary/aromatic N) is 4. The van der Waals surface area contributed by atoms with Crippen LogP contribution in [0, 0.1) is 6.92 Å². The molecule has 0 radical (unpaired) electrons. The summed E-state index contributed by atoms with van der Waals surface area (Å²) in [5.74, 6) is 1.95. The van der Waals surface area contributed by atoms with Crippen LogP contribution in [0.25, 0.3) is 11.0 Å². The summed E-state index contributed by atoms with van der Waals surface area (Å²) < 4.78 is 5.77. The predicted molar refractivity (Wildman–Crippen MR) is 106 cm³/mol. The Hall–Kier alpha value is -3.15. The van der Waals surface area contributed by atoms with Crippen LogP contribution in [0.1, 0.15) is 12.0 Å². The van der Waals surface area contributed by atoms with Gasteiger partial charge in [0.1, 0.15) is 5.75 Å². The Bertz CT molecular complexity index is 989. The fraction of sp³-hybridized carbons (Fsp3) is 0.286. The van der Waals surface area contributed by atoms with Gasteiger partial charge in [0.15, 0.2) is 18.2 Å². The highest BCUT2D eigenvalue weighted by Gasteiger charge is 2.27. The first-order valence-corrected chi connectivity index (χ1v) is 9.10. The lowest BCUT2D eigenvalue weighted by Crippen LogP contribution is -2.36. The maximum absolute atomic E-state index is 13.0. The number of carbonyl (C=O) groups excluding carboxylic acids is 1. The highest BCUT2D eigenvalue weighted by atomic mass is 16.5. The molecule has 6 heteroatoms. The molecule has 0 bridgehead atoms. The van der Waals surface area contributed by atoms with Crippen LogP contribution in [-0.4, -0.2) is 42.6 Å². The average Bonchev–Trinajstić information content (AvgIpc) is 2.84. The molecule has 0 atom stereocenters. The van der Waals surface area contributed by atoms with E-state index in [2.05, 4.69) is 4.90 Å². The highest BCUT2D eigenvalue weighted by molar-refractivity contribution is 5.97. The van der Waals surface area contributed by atoms with Gasteiger partial charge in [-0.2, -0.15) is 0 Å². The largest absolute Gasteiger partial charge is 0.483 e. The van der Waals surface area contributed by atoms with E-state index in [0.717, 1.165) is 41.1 Å². The summed E-state index contributed by atoms with van der Waals surface area (Å²) in [6.45, 7) is 3.36. The molecule has 0 N–H and O–H groups in total. The lowest BCUT2D eigenvalue weighted by molar-refractivity contribution is -0.120. The minimum Gasteiger partial charge on any atom is -0.483 e. The normalized spacial score (nSPS) is 14.0. The second-order valence-corrected chi connectivity index (χ2v) is 6.73. The Morgan fingerprint density at radius 2 is 1.67 bits per heavy atom. The van der Waals surface area contributed by atoms with Gasteiger partial charge in [-0.15, -0.1) is 0 Å². The van der Waals surface area contributed by atoms with Gasteiger partial charge in [0.05, 0.1) is 11.0 Å². The van der Waals surface area contributed by atoms with Gasteiger partial charge in [0, 0.05) is 20.1 Å². The molecule has 1 aromatic heterocycles. The number of carbonyl (C=O) groups is 1. The molecule has 2 heterocycles. The Labute approximate surface area is 158 Å². The Morgan fingerprint density at radius 1 is 1.00 bits per heavy atom. The lowest BCUT2D eigenvalue weighted by Gasteiger charge is -2.23. The number of ether oxygens (including phenoxy) is 1. The highest BCUT2D eigenvalue weighted by Crippen LogP contribution is 2.30. The molecule has 6 nitrogen and oxygen atoms in total. The third-order valence-electron chi connectivity index (χ3n) is 4.77. The fourth-order valence-corrected chi connectivity index (χ4v) is 3.27. The molecular weight excluding hydrogens is 340 g/mol. The van der Waals surface area contributed by atoms with Crippen LogP contribution in [-0.2, 0) is 4.79 Å². The molecule has 4 rings (SSSR count). The number of aromatic nitrogens is 2. The number of para-hydroxylation sites is 3. The number of hydrogen-bond acceptors (Lipinski definition) is 5. The number of rotatable bonds is 3. The van der Waals surface area contributed by atoms with Crippen molar-refractivity contribution < 1.29 is 9.53 Å². The van der Waals surface area contributed by atoms with Crippen molar-refractivity contribution in [1.29, 1.82) is 0 Å². The van der Waals surface area contributed by atoms with E-state index in [-0.39, 0.29) is 12.5 Å². The number of aryl methyl sites for hydroxylation is 1. The first-order chi connectivity index (χ1) is 13.1. The zero-order valence-corrected chi connectivity index (χ0v) is 15.6. The van der Waals surface area contributed by atoms with E-state index in [1.807, 2.05) is 62.5 Å². The van der Waals surface area contributed by atoms with E-state index >= 15 is 0 Å². The van der Waals surface area contributed by atoms with Crippen LogP contribution in [0.2, 0.25) is 0 Å². The molecule has 2 aromatic carbocycles. The van der Waals surface area contributed by atoms with Gasteiger partial charge in [-0.1, -0.05) is 30.3 Å². The predicted octanol–water partition coefficient (Wildman–Crippen LogP) is 3.19. The Morgan fingerprint density at radius 3 is 2.41 bits per heavy atom. The van der Waals surface area contributed by atoms with Gasteiger partial charge < -0.3 is 9.64 Å². The SMILES string of the molecule is Cc1ccccc1OCC(=O)N1CCCN(C)c2nc3ccccc3nc21. The topological polar surface area (TPSA) is 58.6 Å². The van der Waals surface area contributed by atoms with Crippen LogP contribution in [0.3, 0.4) is 0 Å². The van der Waals surface area contributed by atoms with Crippen LogP contribution < -0.4 is 14.5 Å². The molecule has 1 aliphatic rings. The average molecular weight is 362 g/mol. The van der Waals surface area contributed by atoms with Crippen LogP contribution in [0.15, 0.2) is 48.5 Å². The van der Waals surface area contributed by atoms with Gasteiger partial charge in [0.2, 0.25) is 0 Å². The lowest BCUT2D eigenvalue weighted by atomic mass is 10.2. The molecule has 1 amide bonds.